The van der Waals surface area contributed by atoms with Crippen LogP contribution < -0.4 is 9.62 Å². The molecule has 6 heteroatoms. The maximum absolute atomic E-state index is 12.6. The first-order chi connectivity index (χ1) is 10.9. The van der Waals surface area contributed by atoms with Crippen LogP contribution in [-0.2, 0) is 10.0 Å². The van der Waals surface area contributed by atoms with Crippen molar-refractivity contribution in [2.45, 2.75) is 53.0 Å². The van der Waals surface area contributed by atoms with E-state index in [1.165, 1.54) is 4.31 Å². The molecule has 2 rings (SSSR count). The Balaban J connectivity index is 2.18. The molecule has 1 aromatic rings. The Bertz CT molecular complexity index is 718. The number of hydrogen-bond acceptors (Lipinski definition) is 3. The van der Waals surface area contributed by atoms with Crippen molar-refractivity contribution in [3.05, 3.63) is 29.8 Å². The quantitative estimate of drug-likeness (QED) is 0.905. The molecule has 0 aromatic heterocycles. The van der Waals surface area contributed by atoms with Gasteiger partial charge in [0.2, 0.25) is 10.0 Å². The van der Waals surface area contributed by atoms with E-state index in [-0.39, 0.29) is 22.6 Å². The molecule has 0 atom stereocenters. The van der Waals surface area contributed by atoms with Crippen molar-refractivity contribution >= 4 is 21.6 Å². The van der Waals surface area contributed by atoms with Gasteiger partial charge < -0.3 is 5.32 Å². The number of sulfonamides is 1. The van der Waals surface area contributed by atoms with Gasteiger partial charge in [-0.25, -0.2) is 8.42 Å². The summed E-state index contributed by atoms with van der Waals surface area (Å²) >= 11 is 0. The fraction of sp³-hybridized carbons (Fsp3) is 0.611. The largest absolute Gasteiger partial charge is 0.347 e. The molecule has 24 heavy (non-hydrogen) atoms. The van der Waals surface area contributed by atoms with E-state index in [0.29, 0.717) is 24.2 Å². The monoisotopic (exact) mass is 352 g/mol. The zero-order valence-electron chi connectivity index (χ0n) is 15.2. The first kappa shape index (κ1) is 18.8. The van der Waals surface area contributed by atoms with Crippen LogP contribution in [0.5, 0.6) is 0 Å². The summed E-state index contributed by atoms with van der Waals surface area (Å²) in [6.07, 6.45) is 1.46. The number of rotatable bonds is 4. The van der Waals surface area contributed by atoms with E-state index in [4.69, 9.17) is 0 Å². The van der Waals surface area contributed by atoms with Crippen LogP contribution >= 0.6 is 0 Å². The van der Waals surface area contributed by atoms with E-state index in [0.717, 1.165) is 6.42 Å². The van der Waals surface area contributed by atoms with Gasteiger partial charge in [-0.15, -0.1) is 0 Å². The third-order valence-corrected chi connectivity index (χ3v) is 5.79. The number of carbonyl (C=O) groups is 1. The topological polar surface area (TPSA) is 66.5 Å². The lowest BCUT2D eigenvalue weighted by molar-refractivity contribution is 0.0891. The summed E-state index contributed by atoms with van der Waals surface area (Å²) in [5.74, 6) is -0.00937. The number of anilines is 1. The van der Waals surface area contributed by atoms with Crippen LogP contribution in [-0.4, -0.2) is 32.2 Å². The van der Waals surface area contributed by atoms with Crippen LogP contribution in [0, 0.1) is 5.41 Å². The van der Waals surface area contributed by atoms with Crippen molar-refractivity contribution in [3.8, 4) is 0 Å². The molecular formula is C18H28N2O3S. The van der Waals surface area contributed by atoms with Crippen LogP contribution in [0.1, 0.15) is 57.8 Å². The van der Waals surface area contributed by atoms with E-state index < -0.39 is 10.0 Å². The second kappa shape index (κ2) is 6.39. The number of amides is 1. The highest BCUT2D eigenvalue weighted by molar-refractivity contribution is 7.93. The van der Waals surface area contributed by atoms with Crippen LogP contribution in [0.25, 0.3) is 0 Å². The summed E-state index contributed by atoms with van der Waals surface area (Å²) in [7, 11) is -3.24. The number of nitrogens with zero attached hydrogens (tertiary/aromatic N) is 1. The van der Waals surface area contributed by atoms with Gasteiger partial charge in [0.05, 0.1) is 11.4 Å². The normalized spacial score (nSPS) is 17.8. The highest BCUT2D eigenvalue weighted by atomic mass is 32.2. The molecule has 134 valence electrons. The summed E-state index contributed by atoms with van der Waals surface area (Å²) in [6, 6.07) is 6.84. The van der Waals surface area contributed by atoms with Gasteiger partial charge in [0, 0.05) is 17.6 Å². The Morgan fingerprint density at radius 3 is 2.42 bits per heavy atom. The summed E-state index contributed by atoms with van der Waals surface area (Å²) in [4.78, 5) is 12.6. The third kappa shape index (κ3) is 4.72. The predicted molar refractivity (Wildman–Crippen MR) is 97.8 cm³/mol. The van der Waals surface area contributed by atoms with Crippen LogP contribution in [0.3, 0.4) is 0 Å². The fourth-order valence-corrected chi connectivity index (χ4v) is 5.04. The predicted octanol–water partition coefficient (Wildman–Crippen LogP) is 3.17. The first-order valence-electron chi connectivity index (χ1n) is 8.33. The molecule has 0 aliphatic carbocycles. The van der Waals surface area contributed by atoms with E-state index >= 15 is 0 Å². The third-order valence-electron chi connectivity index (χ3n) is 3.92. The minimum atomic E-state index is -3.24. The molecule has 1 fully saturated rings. The van der Waals surface area contributed by atoms with E-state index in [2.05, 4.69) is 26.1 Å². The van der Waals surface area contributed by atoms with Gasteiger partial charge >= 0.3 is 0 Å². The highest BCUT2D eigenvalue weighted by Gasteiger charge is 2.30. The van der Waals surface area contributed by atoms with Crippen molar-refractivity contribution in [1.29, 1.82) is 0 Å². The number of benzene rings is 1. The molecule has 1 heterocycles. The van der Waals surface area contributed by atoms with Gasteiger partial charge in [-0.3, -0.25) is 9.10 Å². The molecule has 0 unspecified atom stereocenters. The maximum atomic E-state index is 12.6. The van der Waals surface area contributed by atoms with Crippen molar-refractivity contribution in [2.24, 2.45) is 5.41 Å². The van der Waals surface area contributed by atoms with Gasteiger partial charge in [0.1, 0.15) is 0 Å². The summed E-state index contributed by atoms with van der Waals surface area (Å²) < 4.78 is 25.5. The minimum absolute atomic E-state index is 0.0995. The molecule has 5 nitrogen and oxygen atoms in total. The fourth-order valence-electron chi connectivity index (χ4n) is 3.48. The SMILES string of the molecule is CC(C)(C)CC(C)(C)NC(=O)c1cccc(N2CCCS2(=O)=O)c1. The van der Waals surface area contributed by atoms with Crippen molar-refractivity contribution in [2.75, 3.05) is 16.6 Å². The maximum Gasteiger partial charge on any atom is 0.251 e. The highest BCUT2D eigenvalue weighted by Crippen LogP contribution is 2.28. The standard InChI is InChI=1S/C18H28N2O3S/c1-17(2,3)13-18(4,5)19-16(21)14-8-6-9-15(12-14)20-10-7-11-24(20,22)23/h6,8-9,12H,7,10-11,13H2,1-5H3,(H,19,21). The average molecular weight is 353 g/mol. The number of hydrogen-bond donors (Lipinski definition) is 1. The van der Waals surface area contributed by atoms with Crippen molar-refractivity contribution in [1.82, 2.24) is 5.32 Å². The van der Waals surface area contributed by atoms with Gasteiger partial charge in [-0.1, -0.05) is 26.8 Å². The molecule has 1 saturated heterocycles. The van der Waals surface area contributed by atoms with Gasteiger partial charge in [-0.05, 0) is 50.3 Å². The molecular weight excluding hydrogens is 324 g/mol. The smallest absolute Gasteiger partial charge is 0.251 e. The Labute approximate surface area is 145 Å². The lowest BCUT2D eigenvalue weighted by Crippen LogP contribution is -2.45. The lowest BCUT2D eigenvalue weighted by Gasteiger charge is -2.33. The Kier molecular flexibility index (Phi) is 5.00. The van der Waals surface area contributed by atoms with Crippen LogP contribution in [0.4, 0.5) is 5.69 Å². The van der Waals surface area contributed by atoms with Crippen LogP contribution in [0.15, 0.2) is 24.3 Å². The first-order valence-corrected chi connectivity index (χ1v) is 9.94. The zero-order valence-corrected chi connectivity index (χ0v) is 16.0. The van der Waals surface area contributed by atoms with Crippen LogP contribution in [0.2, 0.25) is 0 Å². The molecule has 1 aliphatic rings. The molecule has 0 saturated carbocycles. The molecule has 0 bridgehead atoms. The second-order valence-electron chi connectivity index (χ2n) is 8.37. The van der Waals surface area contributed by atoms with Gasteiger partial charge in [0.25, 0.3) is 5.91 Å². The molecule has 0 spiro atoms. The number of carbonyl (C=O) groups excluding carboxylic acids is 1. The summed E-state index contributed by atoms with van der Waals surface area (Å²) in [5, 5.41) is 3.06. The average Bonchev–Trinajstić information content (AvgIpc) is 2.75. The minimum Gasteiger partial charge on any atom is -0.347 e. The van der Waals surface area contributed by atoms with E-state index in [1.807, 2.05) is 13.8 Å². The Morgan fingerprint density at radius 1 is 1.21 bits per heavy atom. The van der Waals surface area contributed by atoms with Crippen molar-refractivity contribution < 1.29 is 13.2 Å². The summed E-state index contributed by atoms with van der Waals surface area (Å²) in [5.41, 5.74) is 0.804. The van der Waals surface area contributed by atoms with Crippen molar-refractivity contribution in [3.63, 3.8) is 0 Å². The lowest BCUT2D eigenvalue weighted by atomic mass is 9.81. The van der Waals surface area contributed by atoms with E-state index in [9.17, 15) is 13.2 Å². The van der Waals surface area contributed by atoms with Gasteiger partial charge in [0.15, 0.2) is 0 Å². The van der Waals surface area contributed by atoms with Gasteiger partial charge in [-0.2, -0.15) is 0 Å². The Hall–Kier alpha value is -1.56. The molecule has 1 amide bonds. The molecule has 1 aliphatic heterocycles. The number of nitrogens with one attached hydrogen (secondary N) is 1. The Morgan fingerprint density at radius 2 is 1.88 bits per heavy atom. The zero-order chi connectivity index (χ0) is 18.2. The summed E-state index contributed by atoms with van der Waals surface area (Å²) in [6.45, 7) is 10.9. The molecule has 0 radical (unpaired) electrons. The molecule has 1 aromatic carbocycles. The van der Waals surface area contributed by atoms with E-state index in [1.54, 1.807) is 24.3 Å². The molecule has 1 N–H and O–H groups in total. The second-order valence-corrected chi connectivity index (χ2v) is 10.4.